The summed E-state index contributed by atoms with van der Waals surface area (Å²) >= 11 is 0. The number of ether oxygens (including phenoxy) is 1. The molecule has 1 heterocycles. The van der Waals surface area contributed by atoms with Crippen LogP contribution in [0.1, 0.15) is 12.8 Å². The summed E-state index contributed by atoms with van der Waals surface area (Å²) in [4.78, 5) is 13.9. The van der Waals surface area contributed by atoms with Crippen molar-refractivity contribution in [2.24, 2.45) is 5.41 Å². The van der Waals surface area contributed by atoms with E-state index < -0.39 is 5.82 Å². The number of nitrogens with zero attached hydrogens (tertiary/aromatic N) is 1. The van der Waals surface area contributed by atoms with Gasteiger partial charge in [0.05, 0.1) is 0 Å². The molecule has 4 rings (SSSR count). The fourth-order valence-corrected chi connectivity index (χ4v) is 2.49. The van der Waals surface area contributed by atoms with Crippen LogP contribution in [0.25, 0.3) is 0 Å². The van der Waals surface area contributed by atoms with Crippen molar-refractivity contribution in [3.05, 3.63) is 85.1 Å². The van der Waals surface area contributed by atoms with Gasteiger partial charge in [-0.15, -0.1) is 6.58 Å². The van der Waals surface area contributed by atoms with Crippen LogP contribution >= 0.6 is 0 Å². The summed E-state index contributed by atoms with van der Waals surface area (Å²) < 4.78 is 31.2. The molecule has 33 heavy (non-hydrogen) atoms. The molecule has 1 aromatic heterocycles. The van der Waals surface area contributed by atoms with Crippen LogP contribution in [0.15, 0.2) is 73.4 Å². The van der Waals surface area contributed by atoms with Crippen molar-refractivity contribution < 1.29 is 18.3 Å². The number of anilines is 3. The van der Waals surface area contributed by atoms with Crippen LogP contribution in [-0.4, -0.2) is 25.4 Å². The first-order chi connectivity index (χ1) is 15.8. The average Bonchev–Trinajstić information content (AvgIpc) is 3.63. The number of nitrogen functional groups attached to an aromatic ring is 1. The highest BCUT2D eigenvalue weighted by Crippen LogP contribution is 2.44. The Kier molecular flexibility index (Phi) is 9.35. The highest BCUT2D eigenvalue weighted by atomic mass is 19.1. The number of nitrogens with one attached hydrogen (secondary N) is 2. The van der Waals surface area contributed by atoms with E-state index in [4.69, 9.17) is 10.5 Å². The molecular formula is C25H28F2N4O2. The molecule has 174 valence electrons. The topological polar surface area (TPSA) is 89.3 Å². The molecule has 0 aliphatic heterocycles. The highest BCUT2D eigenvalue weighted by Gasteiger charge is 2.38. The van der Waals surface area contributed by atoms with Crippen molar-refractivity contribution in [2.75, 3.05) is 30.5 Å². The third-order valence-electron chi connectivity index (χ3n) is 4.80. The standard InChI is InChI=1S/C12H12FN3O.C7H8FN.C6H8O/c1-15-8-2-3-11(10(13)6-8)17-9-4-5-16-12(14)7-9;1-9-7-4-2-6(8)3-5-7;1-2-6(5-7)3-4-6/h2-7,15H,1H3,(H2,14,16);2-5,9H,1H3;2,5H,1,3-4H2. The highest BCUT2D eigenvalue weighted by molar-refractivity contribution is 5.66. The molecule has 0 saturated heterocycles. The van der Waals surface area contributed by atoms with E-state index >= 15 is 0 Å². The molecule has 6 nitrogen and oxygen atoms in total. The Morgan fingerprint density at radius 3 is 2.12 bits per heavy atom. The van der Waals surface area contributed by atoms with Crippen molar-refractivity contribution >= 4 is 23.5 Å². The van der Waals surface area contributed by atoms with E-state index in [1.807, 2.05) is 0 Å². The second kappa shape index (κ2) is 12.2. The van der Waals surface area contributed by atoms with Crippen LogP contribution < -0.4 is 21.1 Å². The number of aromatic nitrogens is 1. The number of allylic oxidation sites excluding steroid dienone is 1. The van der Waals surface area contributed by atoms with Gasteiger partial charge in [0.15, 0.2) is 11.6 Å². The van der Waals surface area contributed by atoms with E-state index in [0.717, 1.165) is 24.8 Å². The molecule has 1 aliphatic rings. The maximum absolute atomic E-state index is 13.6. The van der Waals surface area contributed by atoms with Crippen LogP contribution in [0.5, 0.6) is 11.5 Å². The summed E-state index contributed by atoms with van der Waals surface area (Å²) in [6.45, 7) is 3.53. The van der Waals surface area contributed by atoms with Gasteiger partial charge in [0.25, 0.3) is 0 Å². The van der Waals surface area contributed by atoms with Crippen LogP contribution in [-0.2, 0) is 4.79 Å². The lowest BCUT2D eigenvalue weighted by Gasteiger charge is -2.08. The zero-order valence-electron chi connectivity index (χ0n) is 18.6. The van der Waals surface area contributed by atoms with Crippen molar-refractivity contribution in [1.82, 2.24) is 4.98 Å². The minimum Gasteiger partial charge on any atom is -0.454 e. The molecule has 2 aromatic carbocycles. The fraction of sp³-hybridized carbons (Fsp3) is 0.200. The summed E-state index contributed by atoms with van der Waals surface area (Å²) in [5.41, 5.74) is 7.03. The van der Waals surface area contributed by atoms with Crippen LogP contribution in [0.3, 0.4) is 0 Å². The molecule has 1 fully saturated rings. The summed E-state index contributed by atoms with van der Waals surface area (Å²) in [6, 6.07) is 14.0. The number of aldehydes is 1. The molecule has 0 radical (unpaired) electrons. The van der Waals surface area contributed by atoms with Crippen molar-refractivity contribution in [1.29, 1.82) is 0 Å². The molecule has 0 atom stereocenters. The molecule has 1 aliphatic carbocycles. The molecule has 4 N–H and O–H groups in total. The fourth-order valence-electron chi connectivity index (χ4n) is 2.49. The van der Waals surface area contributed by atoms with Crippen molar-refractivity contribution in [2.45, 2.75) is 12.8 Å². The van der Waals surface area contributed by atoms with E-state index in [9.17, 15) is 13.6 Å². The lowest BCUT2D eigenvalue weighted by atomic mass is 10.1. The maximum Gasteiger partial charge on any atom is 0.167 e. The Hall–Kier alpha value is -3.94. The third-order valence-corrected chi connectivity index (χ3v) is 4.80. The molecule has 0 amide bonds. The van der Waals surface area contributed by atoms with Gasteiger partial charge in [0.1, 0.15) is 23.7 Å². The first-order valence-corrected chi connectivity index (χ1v) is 10.2. The zero-order chi connectivity index (χ0) is 24.3. The van der Waals surface area contributed by atoms with E-state index in [2.05, 4.69) is 22.2 Å². The lowest BCUT2D eigenvalue weighted by molar-refractivity contribution is -0.110. The number of benzene rings is 2. The predicted octanol–water partition coefficient (Wildman–Crippen LogP) is 5.66. The van der Waals surface area contributed by atoms with Crippen LogP contribution in [0.4, 0.5) is 26.0 Å². The van der Waals surface area contributed by atoms with Gasteiger partial charge in [-0.05, 0) is 55.3 Å². The number of pyridine rings is 1. The van der Waals surface area contributed by atoms with E-state index in [-0.39, 0.29) is 17.0 Å². The van der Waals surface area contributed by atoms with Gasteiger partial charge >= 0.3 is 0 Å². The summed E-state index contributed by atoms with van der Waals surface area (Å²) in [5, 5.41) is 5.73. The quantitative estimate of drug-likeness (QED) is 0.329. The summed E-state index contributed by atoms with van der Waals surface area (Å²) in [7, 11) is 3.52. The third kappa shape index (κ3) is 8.25. The Balaban J connectivity index is 0.000000201. The number of hydrogen-bond acceptors (Lipinski definition) is 6. The molecule has 3 aromatic rings. The second-order valence-electron chi connectivity index (χ2n) is 7.23. The van der Waals surface area contributed by atoms with Crippen LogP contribution in [0.2, 0.25) is 0 Å². The smallest absolute Gasteiger partial charge is 0.167 e. The number of rotatable bonds is 6. The summed E-state index contributed by atoms with van der Waals surface area (Å²) in [5.74, 6) is 0.291. The van der Waals surface area contributed by atoms with Gasteiger partial charge in [-0.2, -0.15) is 0 Å². The minimum absolute atomic E-state index is 0.0833. The summed E-state index contributed by atoms with van der Waals surface area (Å²) in [6.07, 6.45) is 6.25. The lowest BCUT2D eigenvalue weighted by Crippen LogP contribution is -1.94. The number of halogens is 2. The first-order valence-electron chi connectivity index (χ1n) is 10.2. The first kappa shape index (κ1) is 25.3. The molecule has 0 unspecified atom stereocenters. The van der Waals surface area contributed by atoms with Crippen LogP contribution in [0, 0.1) is 17.0 Å². The van der Waals surface area contributed by atoms with Gasteiger partial charge in [0.2, 0.25) is 0 Å². The van der Waals surface area contributed by atoms with Crippen molar-refractivity contribution in [3.8, 4) is 11.5 Å². The molecular weight excluding hydrogens is 426 g/mol. The van der Waals surface area contributed by atoms with Gasteiger partial charge < -0.3 is 25.9 Å². The normalized spacial score (nSPS) is 12.6. The van der Waals surface area contributed by atoms with Gasteiger partial charge in [-0.25, -0.2) is 13.8 Å². The Morgan fingerprint density at radius 2 is 1.67 bits per heavy atom. The van der Waals surface area contributed by atoms with E-state index in [1.165, 1.54) is 30.5 Å². The molecule has 0 bridgehead atoms. The Morgan fingerprint density at radius 1 is 1.03 bits per heavy atom. The van der Waals surface area contributed by atoms with Gasteiger partial charge in [-0.3, -0.25) is 0 Å². The number of hydrogen-bond donors (Lipinski definition) is 3. The Labute approximate surface area is 192 Å². The largest absolute Gasteiger partial charge is 0.454 e. The predicted molar refractivity (Wildman–Crippen MR) is 129 cm³/mol. The van der Waals surface area contributed by atoms with Crippen molar-refractivity contribution in [3.63, 3.8) is 0 Å². The SMILES string of the molecule is C=CC1(C=O)CC1.CNc1ccc(F)cc1.CNc1ccc(Oc2ccnc(N)c2)c(F)c1. The average molecular weight is 455 g/mol. The van der Waals surface area contributed by atoms with E-state index in [1.54, 1.807) is 50.5 Å². The Bertz CT molecular complexity index is 1040. The molecule has 0 spiro atoms. The number of carbonyl (C=O) groups is 1. The van der Waals surface area contributed by atoms with E-state index in [0.29, 0.717) is 17.3 Å². The monoisotopic (exact) mass is 454 g/mol. The van der Waals surface area contributed by atoms with Gasteiger partial charge in [0, 0.05) is 49.2 Å². The molecule has 8 heteroatoms. The minimum atomic E-state index is -0.438. The zero-order valence-corrected chi connectivity index (χ0v) is 18.6. The molecule has 1 saturated carbocycles. The number of nitrogens with two attached hydrogens (primary N) is 1. The van der Waals surface area contributed by atoms with Gasteiger partial charge in [-0.1, -0.05) is 6.08 Å². The number of carbonyl (C=O) groups excluding carboxylic acids is 1. The maximum atomic E-state index is 13.6. The second-order valence-corrected chi connectivity index (χ2v) is 7.23.